The van der Waals surface area contributed by atoms with Crippen LogP contribution in [0.1, 0.15) is 129 Å². The molecule has 0 amide bonds. The van der Waals surface area contributed by atoms with Gasteiger partial charge in [0.05, 0.1) is 0 Å². The van der Waals surface area contributed by atoms with E-state index in [0.717, 1.165) is 25.7 Å². The van der Waals surface area contributed by atoms with Crippen LogP contribution in [0.25, 0.3) is 0 Å². The molecule has 1 aromatic rings. The minimum absolute atomic E-state index is 0.0442. The van der Waals surface area contributed by atoms with E-state index in [4.69, 9.17) is 0 Å². The quantitative estimate of drug-likeness (QED) is 0.464. The molecule has 156 valence electrons. The highest BCUT2D eigenvalue weighted by Gasteiger charge is 2.33. The minimum Gasteiger partial charge on any atom is -0.507 e. The molecule has 0 radical (unpaired) electrons. The molecule has 1 heteroatoms. The fourth-order valence-electron chi connectivity index (χ4n) is 4.46. The predicted molar refractivity (Wildman–Crippen MR) is 121 cm³/mol. The van der Waals surface area contributed by atoms with Gasteiger partial charge in [0, 0.05) is 5.56 Å². The van der Waals surface area contributed by atoms with Crippen LogP contribution in [0.15, 0.2) is 0 Å². The molecule has 1 rings (SSSR count). The number of aromatic hydroxyl groups is 1. The van der Waals surface area contributed by atoms with Crippen LogP contribution in [0.5, 0.6) is 5.75 Å². The third-order valence-electron chi connectivity index (χ3n) is 5.63. The van der Waals surface area contributed by atoms with E-state index in [9.17, 15) is 5.11 Å². The van der Waals surface area contributed by atoms with Crippen molar-refractivity contribution in [3.05, 3.63) is 27.8 Å². The zero-order chi connectivity index (χ0) is 20.8. The Labute approximate surface area is 170 Å². The molecule has 0 unspecified atom stereocenters. The van der Waals surface area contributed by atoms with Crippen LogP contribution in [-0.4, -0.2) is 5.11 Å². The summed E-state index contributed by atoms with van der Waals surface area (Å²) in [6.45, 7) is 20.7. The van der Waals surface area contributed by atoms with Gasteiger partial charge in [-0.3, -0.25) is 0 Å². The predicted octanol–water partition coefficient (Wildman–Crippen LogP) is 8.02. The molecule has 0 saturated carbocycles. The van der Waals surface area contributed by atoms with Crippen LogP contribution < -0.4 is 0 Å². The molecule has 0 aromatic heterocycles. The molecular weight excluding hydrogens is 328 g/mol. The zero-order valence-corrected chi connectivity index (χ0v) is 19.8. The molecule has 27 heavy (non-hydrogen) atoms. The molecule has 0 aliphatic carbocycles. The van der Waals surface area contributed by atoms with Gasteiger partial charge in [0.2, 0.25) is 0 Å². The summed E-state index contributed by atoms with van der Waals surface area (Å²) < 4.78 is 0. The lowest BCUT2D eigenvalue weighted by molar-refractivity contribution is 0.430. The second-order valence-electron chi connectivity index (χ2n) is 10.3. The van der Waals surface area contributed by atoms with E-state index in [1.165, 1.54) is 54.4 Å². The summed E-state index contributed by atoms with van der Waals surface area (Å²) in [5.41, 5.74) is 6.97. The van der Waals surface area contributed by atoms with Gasteiger partial charge >= 0.3 is 0 Å². The van der Waals surface area contributed by atoms with Crippen molar-refractivity contribution in [2.45, 2.75) is 131 Å². The standard InChI is InChI=1S/C26H46O/c1-10-13-16-19-20(17-14-11-2)24(27)23(26(7,8)9)21(18-15-12-3)22(19)25(4,5)6/h27H,10-18H2,1-9H3. The van der Waals surface area contributed by atoms with Crippen molar-refractivity contribution in [1.82, 2.24) is 0 Å². The lowest BCUT2D eigenvalue weighted by atomic mass is 9.70. The van der Waals surface area contributed by atoms with Gasteiger partial charge in [0.15, 0.2) is 0 Å². The topological polar surface area (TPSA) is 20.2 Å². The summed E-state index contributed by atoms with van der Waals surface area (Å²) in [6.07, 6.45) is 10.3. The Morgan fingerprint density at radius 2 is 0.926 bits per heavy atom. The lowest BCUT2D eigenvalue weighted by Gasteiger charge is -2.35. The van der Waals surface area contributed by atoms with Crippen molar-refractivity contribution >= 4 is 0 Å². The second-order valence-corrected chi connectivity index (χ2v) is 10.3. The molecule has 0 fully saturated rings. The zero-order valence-electron chi connectivity index (χ0n) is 19.8. The van der Waals surface area contributed by atoms with Crippen molar-refractivity contribution in [2.24, 2.45) is 0 Å². The maximum atomic E-state index is 11.5. The van der Waals surface area contributed by atoms with Gasteiger partial charge in [0.1, 0.15) is 5.75 Å². The number of phenolic OH excluding ortho intramolecular Hbond substituents is 1. The van der Waals surface area contributed by atoms with E-state index in [1.807, 2.05) is 0 Å². The third-order valence-corrected chi connectivity index (χ3v) is 5.63. The van der Waals surface area contributed by atoms with Crippen LogP contribution in [0.4, 0.5) is 0 Å². The first-order valence-electron chi connectivity index (χ1n) is 11.4. The Morgan fingerprint density at radius 3 is 1.30 bits per heavy atom. The molecule has 0 spiro atoms. The number of hydrogen-bond donors (Lipinski definition) is 1. The molecule has 0 aliphatic heterocycles. The third kappa shape index (κ3) is 6.00. The van der Waals surface area contributed by atoms with E-state index in [0.29, 0.717) is 5.75 Å². The normalized spacial score (nSPS) is 12.6. The first-order chi connectivity index (χ1) is 12.5. The van der Waals surface area contributed by atoms with Gasteiger partial charge < -0.3 is 5.11 Å². The van der Waals surface area contributed by atoms with E-state index < -0.39 is 0 Å². The summed E-state index contributed by atoms with van der Waals surface area (Å²) in [4.78, 5) is 0. The highest BCUT2D eigenvalue weighted by molar-refractivity contribution is 5.60. The Balaban J connectivity index is 3.93. The number of hydrogen-bond acceptors (Lipinski definition) is 1. The number of unbranched alkanes of at least 4 members (excludes halogenated alkanes) is 3. The maximum absolute atomic E-state index is 11.5. The van der Waals surface area contributed by atoms with E-state index in [2.05, 4.69) is 62.3 Å². The monoisotopic (exact) mass is 374 g/mol. The summed E-state index contributed by atoms with van der Waals surface area (Å²) in [6, 6.07) is 0. The maximum Gasteiger partial charge on any atom is 0.123 e. The average molecular weight is 375 g/mol. The molecule has 1 nitrogen and oxygen atoms in total. The SMILES string of the molecule is CCCCc1c(O)c(C(C)(C)C)c(CCCC)c(C(C)(C)C)c1CCCC. The van der Waals surface area contributed by atoms with E-state index in [-0.39, 0.29) is 10.8 Å². The van der Waals surface area contributed by atoms with Crippen molar-refractivity contribution in [3.8, 4) is 5.75 Å². The van der Waals surface area contributed by atoms with Crippen LogP contribution in [0.2, 0.25) is 0 Å². The van der Waals surface area contributed by atoms with E-state index in [1.54, 1.807) is 5.56 Å². The van der Waals surface area contributed by atoms with Crippen LogP contribution in [0.3, 0.4) is 0 Å². The molecule has 0 bridgehead atoms. The van der Waals surface area contributed by atoms with Crippen LogP contribution in [-0.2, 0) is 30.1 Å². The Bertz CT molecular complexity index is 596. The fraction of sp³-hybridized carbons (Fsp3) is 0.769. The number of benzene rings is 1. The van der Waals surface area contributed by atoms with Crippen molar-refractivity contribution in [2.75, 3.05) is 0 Å². The number of rotatable bonds is 9. The largest absolute Gasteiger partial charge is 0.507 e. The highest BCUT2D eigenvalue weighted by Crippen LogP contribution is 2.46. The van der Waals surface area contributed by atoms with Crippen LogP contribution in [0, 0.1) is 0 Å². The van der Waals surface area contributed by atoms with Gasteiger partial charge in [-0.1, -0.05) is 81.6 Å². The molecule has 1 N–H and O–H groups in total. The molecule has 0 aliphatic rings. The molecule has 0 atom stereocenters. The minimum atomic E-state index is -0.0442. The Kier molecular flexibility index (Phi) is 8.90. The summed E-state index contributed by atoms with van der Waals surface area (Å²) >= 11 is 0. The number of phenols is 1. The molecular formula is C26H46O. The first kappa shape index (κ1) is 24.1. The lowest BCUT2D eigenvalue weighted by Crippen LogP contribution is -2.25. The smallest absolute Gasteiger partial charge is 0.123 e. The highest BCUT2D eigenvalue weighted by atomic mass is 16.3. The van der Waals surface area contributed by atoms with Crippen molar-refractivity contribution in [3.63, 3.8) is 0 Å². The Hall–Kier alpha value is -0.980. The molecule has 0 saturated heterocycles. The van der Waals surface area contributed by atoms with Gasteiger partial charge in [-0.25, -0.2) is 0 Å². The first-order valence-corrected chi connectivity index (χ1v) is 11.4. The van der Waals surface area contributed by atoms with Crippen molar-refractivity contribution in [1.29, 1.82) is 0 Å². The van der Waals surface area contributed by atoms with E-state index >= 15 is 0 Å². The second kappa shape index (κ2) is 9.99. The van der Waals surface area contributed by atoms with Gasteiger partial charge in [-0.15, -0.1) is 0 Å². The average Bonchev–Trinajstić information content (AvgIpc) is 2.54. The van der Waals surface area contributed by atoms with Gasteiger partial charge in [-0.05, 0) is 71.6 Å². The summed E-state index contributed by atoms with van der Waals surface area (Å²) in [5, 5.41) is 11.5. The molecule has 1 aromatic carbocycles. The fourth-order valence-corrected chi connectivity index (χ4v) is 4.46. The summed E-state index contributed by atoms with van der Waals surface area (Å²) in [5.74, 6) is 0.612. The van der Waals surface area contributed by atoms with Crippen molar-refractivity contribution < 1.29 is 5.11 Å². The van der Waals surface area contributed by atoms with Gasteiger partial charge in [-0.2, -0.15) is 0 Å². The Morgan fingerprint density at radius 1 is 0.556 bits per heavy atom. The van der Waals surface area contributed by atoms with Crippen LogP contribution >= 0.6 is 0 Å². The van der Waals surface area contributed by atoms with Gasteiger partial charge in [0.25, 0.3) is 0 Å². The summed E-state index contributed by atoms with van der Waals surface area (Å²) in [7, 11) is 0. The molecule has 0 heterocycles.